The van der Waals surface area contributed by atoms with Crippen molar-refractivity contribution in [3.8, 4) is 0 Å². The van der Waals surface area contributed by atoms with Crippen molar-refractivity contribution in [1.82, 2.24) is 0 Å². The Morgan fingerprint density at radius 2 is 1.42 bits per heavy atom. The maximum atomic E-state index is 2.40. The minimum absolute atomic E-state index is 0.832. The third kappa shape index (κ3) is 4.52. The molecule has 0 N–H and O–H groups in total. The molecule has 1 aromatic carbocycles. The third-order valence-electron chi connectivity index (χ3n) is 6.89. The minimum atomic E-state index is 0.832. The predicted molar refractivity (Wildman–Crippen MR) is 105 cm³/mol. The molecule has 0 aliphatic heterocycles. The van der Waals surface area contributed by atoms with Gasteiger partial charge in [-0.25, -0.2) is 0 Å². The van der Waals surface area contributed by atoms with Gasteiger partial charge in [0.15, 0.2) is 0 Å². The van der Waals surface area contributed by atoms with Gasteiger partial charge in [0.25, 0.3) is 0 Å². The molecule has 0 bridgehead atoms. The molecule has 0 aromatic heterocycles. The summed E-state index contributed by atoms with van der Waals surface area (Å²) in [6, 6.07) is 9.48. The molecule has 2 saturated carbocycles. The SMILES string of the molecule is CC=CCC1CCC(C2CCC(c3ccc(CC)cc3)CC2)CC1. The zero-order chi connectivity index (χ0) is 16.8. The molecule has 0 unspecified atom stereocenters. The van der Waals surface area contributed by atoms with Crippen LogP contribution in [0.5, 0.6) is 0 Å². The van der Waals surface area contributed by atoms with E-state index in [1.807, 2.05) is 0 Å². The number of hydrogen-bond acceptors (Lipinski definition) is 0. The largest absolute Gasteiger partial charge is 0.0917 e. The highest BCUT2D eigenvalue weighted by Crippen LogP contribution is 2.44. The molecule has 0 atom stereocenters. The van der Waals surface area contributed by atoms with Crippen molar-refractivity contribution >= 4 is 0 Å². The summed E-state index contributed by atoms with van der Waals surface area (Å²) in [4.78, 5) is 0. The van der Waals surface area contributed by atoms with Crippen molar-refractivity contribution in [3.05, 3.63) is 47.5 Å². The fourth-order valence-electron chi connectivity index (χ4n) is 5.17. The lowest BCUT2D eigenvalue weighted by atomic mass is 9.68. The second-order valence-electron chi connectivity index (χ2n) is 8.29. The maximum Gasteiger partial charge on any atom is -0.0162 e. The van der Waals surface area contributed by atoms with E-state index in [-0.39, 0.29) is 0 Å². The lowest BCUT2D eigenvalue weighted by molar-refractivity contribution is 0.160. The zero-order valence-electron chi connectivity index (χ0n) is 15.8. The first-order chi connectivity index (χ1) is 11.8. The second-order valence-corrected chi connectivity index (χ2v) is 8.29. The van der Waals surface area contributed by atoms with E-state index in [0.29, 0.717) is 0 Å². The van der Waals surface area contributed by atoms with Crippen molar-refractivity contribution in [2.24, 2.45) is 17.8 Å². The summed E-state index contributed by atoms with van der Waals surface area (Å²) >= 11 is 0. The van der Waals surface area contributed by atoms with Crippen LogP contribution in [0, 0.1) is 17.8 Å². The van der Waals surface area contributed by atoms with Gasteiger partial charge < -0.3 is 0 Å². The molecule has 0 heteroatoms. The Morgan fingerprint density at radius 1 is 0.833 bits per heavy atom. The third-order valence-corrected chi connectivity index (χ3v) is 6.89. The van der Waals surface area contributed by atoms with Gasteiger partial charge in [0.1, 0.15) is 0 Å². The monoisotopic (exact) mass is 324 g/mol. The quantitative estimate of drug-likeness (QED) is 0.499. The Morgan fingerprint density at radius 3 is 1.96 bits per heavy atom. The molecule has 0 nitrogen and oxygen atoms in total. The molecular formula is C24H36. The Bertz CT molecular complexity index is 493. The van der Waals surface area contributed by atoms with Gasteiger partial charge in [-0.05, 0) is 106 Å². The molecule has 3 rings (SSSR count). The summed E-state index contributed by atoms with van der Waals surface area (Å²) in [7, 11) is 0. The van der Waals surface area contributed by atoms with Crippen molar-refractivity contribution in [2.45, 2.75) is 84.0 Å². The van der Waals surface area contributed by atoms with Gasteiger partial charge >= 0.3 is 0 Å². The van der Waals surface area contributed by atoms with Crippen LogP contribution in [-0.2, 0) is 6.42 Å². The highest BCUT2D eigenvalue weighted by molar-refractivity contribution is 5.25. The summed E-state index contributed by atoms with van der Waals surface area (Å²) in [6.45, 7) is 4.40. The molecule has 0 spiro atoms. The van der Waals surface area contributed by atoms with Crippen LogP contribution in [0.25, 0.3) is 0 Å². The van der Waals surface area contributed by atoms with Gasteiger partial charge in [-0.2, -0.15) is 0 Å². The van der Waals surface area contributed by atoms with E-state index in [1.54, 1.807) is 5.56 Å². The first kappa shape index (κ1) is 17.8. The van der Waals surface area contributed by atoms with Crippen molar-refractivity contribution in [2.75, 3.05) is 0 Å². The second kappa shape index (κ2) is 8.88. The number of rotatable bonds is 5. The van der Waals surface area contributed by atoms with E-state index < -0.39 is 0 Å². The lowest BCUT2D eigenvalue weighted by Gasteiger charge is -2.38. The van der Waals surface area contributed by atoms with E-state index in [1.165, 1.54) is 63.4 Å². The highest BCUT2D eigenvalue weighted by Gasteiger charge is 2.30. The van der Waals surface area contributed by atoms with Crippen LogP contribution in [0.15, 0.2) is 36.4 Å². The molecule has 0 radical (unpaired) electrons. The van der Waals surface area contributed by atoms with Gasteiger partial charge in [0.2, 0.25) is 0 Å². The molecule has 2 aliphatic rings. The highest BCUT2D eigenvalue weighted by atomic mass is 14.4. The van der Waals surface area contributed by atoms with Gasteiger partial charge in [-0.15, -0.1) is 0 Å². The topological polar surface area (TPSA) is 0 Å². The van der Waals surface area contributed by atoms with Crippen LogP contribution >= 0.6 is 0 Å². The average molecular weight is 325 g/mol. The van der Waals surface area contributed by atoms with Crippen LogP contribution in [0.2, 0.25) is 0 Å². The summed E-state index contributed by atoms with van der Waals surface area (Å²) in [5.41, 5.74) is 3.07. The van der Waals surface area contributed by atoms with Crippen molar-refractivity contribution < 1.29 is 0 Å². The van der Waals surface area contributed by atoms with E-state index in [2.05, 4.69) is 50.3 Å². The molecule has 0 amide bonds. The fourth-order valence-corrected chi connectivity index (χ4v) is 5.17. The molecular weight excluding hydrogens is 288 g/mol. The van der Waals surface area contributed by atoms with Crippen LogP contribution in [0.3, 0.4) is 0 Å². The lowest BCUT2D eigenvalue weighted by Crippen LogP contribution is -2.25. The Balaban J connectivity index is 1.45. The van der Waals surface area contributed by atoms with Gasteiger partial charge in [0.05, 0.1) is 0 Å². The number of allylic oxidation sites excluding steroid dienone is 2. The zero-order valence-corrected chi connectivity index (χ0v) is 15.8. The normalized spacial score (nSPS) is 31.4. The molecule has 132 valence electrons. The average Bonchev–Trinajstić information content (AvgIpc) is 2.67. The number of hydrogen-bond donors (Lipinski definition) is 0. The Labute approximate surface area is 149 Å². The fraction of sp³-hybridized carbons (Fsp3) is 0.667. The molecule has 0 heterocycles. The molecule has 1 aromatic rings. The Kier molecular flexibility index (Phi) is 6.58. The number of aryl methyl sites for hydroxylation is 1. The van der Waals surface area contributed by atoms with E-state index in [0.717, 1.165) is 30.1 Å². The van der Waals surface area contributed by atoms with Crippen LogP contribution in [0.1, 0.15) is 88.7 Å². The van der Waals surface area contributed by atoms with Crippen LogP contribution in [0.4, 0.5) is 0 Å². The molecule has 2 fully saturated rings. The van der Waals surface area contributed by atoms with Gasteiger partial charge in [-0.3, -0.25) is 0 Å². The smallest absolute Gasteiger partial charge is 0.0162 e. The van der Waals surface area contributed by atoms with Gasteiger partial charge in [0, 0.05) is 0 Å². The molecule has 2 aliphatic carbocycles. The maximum absolute atomic E-state index is 2.40. The summed E-state index contributed by atoms with van der Waals surface area (Å²) < 4.78 is 0. The first-order valence-electron chi connectivity index (χ1n) is 10.5. The molecule has 0 saturated heterocycles. The van der Waals surface area contributed by atoms with Crippen molar-refractivity contribution in [3.63, 3.8) is 0 Å². The van der Waals surface area contributed by atoms with E-state index in [9.17, 15) is 0 Å². The van der Waals surface area contributed by atoms with E-state index in [4.69, 9.17) is 0 Å². The van der Waals surface area contributed by atoms with Crippen LogP contribution in [-0.4, -0.2) is 0 Å². The summed E-state index contributed by atoms with van der Waals surface area (Å²) in [5.74, 6) is 3.87. The molecule has 24 heavy (non-hydrogen) atoms. The Hall–Kier alpha value is -1.04. The standard InChI is InChI=1S/C24H36/c1-3-5-6-20-9-13-22(14-10-20)24-17-15-23(16-18-24)21-11-7-19(4-2)8-12-21/h3,5,7-8,11-12,20,22-24H,4,6,9-10,13-18H2,1-2H3. The first-order valence-corrected chi connectivity index (χ1v) is 10.5. The summed E-state index contributed by atoms with van der Waals surface area (Å²) in [6.07, 6.45) is 18.8. The summed E-state index contributed by atoms with van der Waals surface area (Å²) in [5, 5.41) is 0. The minimum Gasteiger partial charge on any atom is -0.0917 e. The van der Waals surface area contributed by atoms with Crippen LogP contribution < -0.4 is 0 Å². The predicted octanol–water partition coefficient (Wildman–Crippen LogP) is 7.30. The van der Waals surface area contributed by atoms with Crippen molar-refractivity contribution in [1.29, 1.82) is 0 Å². The van der Waals surface area contributed by atoms with E-state index >= 15 is 0 Å². The number of benzene rings is 1. The van der Waals surface area contributed by atoms with Gasteiger partial charge in [-0.1, -0.05) is 43.3 Å².